The smallest absolute Gasteiger partial charge is 0.242 e. The number of thioether (sulfide) groups is 1. The Morgan fingerprint density at radius 1 is 1.03 bits per heavy atom. The molecular weight excluding hydrogens is 552 g/mol. The Hall–Kier alpha value is -1.31. The number of rotatable bonds is 9. The van der Waals surface area contributed by atoms with E-state index in [2.05, 4.69) is 49.3 Å². The monoisotopic (exact) mass is 580 g/mol. The summed E-state index contributed by atoms with van der Waals surface area (Å²) in [5.41, 5.74) is 2.18. The summed E-state index contributed by atoms with van der Waals surface area (Å²) in [6.07, 6.45) is 5.62. The fraction of sp³-hybridized carbons (Fsp3) is 0.440. The summed E-state index contributed by atoms with van der Waals surface area (Å²) in [6, 6.07) is 15.8. The van der Waals surface area contributed by atoms with Crippen LogP contribution in [-0.4, -0.2) is 34.6 Å². The van der Waals surface area contributed by atoms with Gasteiger partial charge in [-0.2, -0.15) is 0 Å². The van der Waals surface area contributed by atoms with Gasteiger partial charge in [-0.15, -0.1) is 11.8 Å². The summed E-state index contributed by atoms with van der Waals surface area (Å²) in [4.78, 5) is 28.0. The van der Waals surface area contributed by atoms with Crippen LogP contribution in [0.4, 0.5) is 0 Å². The molecular formula is C25H30Br2N2O2S. The van der Waals surface area contributed by atoms with Crippen molar-refractivity contribution in [3.05, 3.63) is 68.6 Å². The van der Waals surface area contributed by atoms with E-state index in [1.165, 1.54) is 12.0 Å². The van der Waals surface area contributed by atoms with Gasteiger partial charge in [0, 0.05) is 27.3 Å². The molecule has 0 radical (unpaired) electrons. The quantitative estimate of drug-likeness (QED) is 0.377. The van der Waals surface area contributed by atoms with E-state index in [9.17, 15) is 9.59 Å². The number of benzene rings is 2. The van der Waals surface area contributed by atoms with Crippen LogP contribution in [0.15, 0.2) is 57.5 Å². The minimum absolute atomic E-state index is 0.0154. The number of hydrogen-bond donors (Lipinski definition) is 1. The molecule has 1 aliphatic rings. The highest BCUT2D eigenvalue weighted by atomic mass is 79.9. The van der Waals surface area contributed by atoms with Gasteiger partial charge in [0.05, 0.1) is 5.75 Å². The summed E-state index contributed by atoms with van der Waals surface area (Å²) in [5, 5.41) is 3.19. The molecule has 0 aromatic heterocycles. The van der Waals surface area contributed by atoms with Gasteiger partial charge in [0.25, 0.3) is 0 Å². The third-order valence-corrected chi connectivity index (χ3v) is 7.78. The van der Waals surface area contributed by atoms with Crippen LogP contribution in [0.2, 0.25) is 0 Å². The topological polar surface area (TPSA) is 49.4 Å². The zero-order valence-corrected chi connectivity index (χ0v) is 22.3. The standard InChI is InChI=1S/C25H30Br2N2O2S/c1-18(25(31)28-23-8-3-2-4-9-23)29(15-20-6-5-7-22(27)14-20)24(30)17-32-16-19-10-12-21(26)13-11-19/h5-7,10-14,18,23H,2-4,8-9,15-17H2,1H3,(H,28,31)/t18-/m1/s1. The average Bonchev–Trinajstić information content (AvgIpc) is 2.79. The summed E-state index contributed by atoms with van der Waals surface area (Å²) in [6.45, 7) is 2.25. The van der Waals surface area contributed by atoms with Crippen LogP contribution in [-0.2, 0) is 21.9 Å². The lowest BCUT2D eigenvalue weighted by molar-refractivity contribution is -0.139. The normalized spacial score (nSPS) is 15.2. The second-order valence-electron chi connectivity index (χ2n) is 8.29. The van der Waals surface area contributed by atoms with Crippen LogP contribution in [0.3, 0.4) is 0 Å². The van der Waals surface area contributed by atoms with E-state index in [0.717, 1.165) is 45.9 Å². The van der Waals surface area contributed by atoms with E-state index < -0.39 is 6.04 Å². The molecule has 4 nitrogen and oxygen atoms in total. The fourth-order valence-electron chi connectivity index (χ4n) is 3.90. The lowest BCUT2D eigenvalue weighted by Gasteiger charge is -2.31. The molecule has 0 saturated heterocycles. The first-order valence-corrected chi connectivity index (χ1v) is 13.8. The number of carbonyl (C=O) groups is 2. The Morgan fingerprint density at radius 3 is 2.44 bits per heavy atom. The molecule has 1 atom stereocenters. The maximum absolute atomic E-state index is 13.2. The van der Waals surface area contributed by atoms with Gasteiger partial charge in [0.2, 0.25) is 11.8 Å². The predicted molar refractivity (Wildman–Crippen MR) is 139 cm³/mol. The van der Waals surface area contributed by atoms with Gasteiger partial charge in [-0.25, -0.2) is 0 Å². The zero-order valence-electron chi connectivity index (χ0n) is 18.4. The molecule has 1 aliphatic carbocycles. The Balaban J connectivity index is 1.64. The predicted octanol–water partition coefficient (Wildman–Crippen LogP) is 6.31. The third-order valence-electron chi connectivity index (χ3n) is 5.77. The van der Waals surface area contributed by atoms with E-state index in [1.807, 2.05) is 43.3 Å². The van der Waals surface area contributed by atoms with Crippen molar-refractivity contribution >= 4 is 55.4 Å². The minimum atomic E-state index is -0.517. The van der Waals surface area contributed by atoms with Crippen molar-refractivity contribution in [2.24, 2.45) is 0 Å². The SMILES string of the molecule is C[C@H](C(=O)NC1CCCCC1)N(Cc1cccc(Br)c1)C(=O)CSCc1ccc(Br)cc1. The minimum Gasteiger partial charge on any atom is -0.352 e. The van der Waals surface area contributed by atoms with Gasteiger partial charge in [-0.1, -0.05) is 75.4 Å². The first-order valence-electron chi connectivity index (χ1n) is 11.1. The number of nitrogens with one attached hydrogen (secondary N) is 1. The highest BCUT2D eigenvalue weighted by molar-refractivity contribution is 9.10. The second kappa shape index (κ2) is 12.8. The van der Waals surface area contributed by atoms with Gasteiger partial charge < -0.3 is 10.2 Å². The maximum Gasteiger partial charge on any atom is 0.242 e. The van der Waals surface area contributed by atoms with Crippen LogP contribution >= 0.6 is 43.6 Å². The Morgan fingerprint density at radius 2 is 1.75 bits per heavy atom. The summed E-state index contributed by atoms with van der Waals surface area (Å²) < 4.78 is 2.01. The highest BCUT2D eigenvalue weighted by Gasteiger charge is 2.28. The van der Waals surface area contributed by atoms with E-state index >= 15 is 0 Å². The molecule has 3 rings (SSSR count). The molecule has 0 heterocycles. The molecule has 7 heteroatoms. The zero-order chi connectivity index (χ0) is 22.9. The van der Waals surface area contributed by atoms with Crippen molar-refractivity contribution in [2.45, 2.75) is 63.4 Å². The van der Waals surface area contributed by atoms with Crippen molar-refractivity contribution in [3.63, 3.8) is 0 Å². The largest absolute Gasteiger partial charge is 0.352 e. The van der Waals surface area contributed by atoms with Crippen LogP contribution < -0.4 is 5.32 Å². The lowest BCUT2D eigenvalue weighted by atomic mass is 9.95. The maximum atomic E-state index is 13.2. The molecule has 1 saturated carbocycles. The molecule has 0 unspecified atom stereocenters. The Bertz CT molecular complexity index is 901. The molecule has 32 heavy (non-hydrogen) atoms. The second-order valence-corrected chi connectivity index (χ2v) is 11.1. The highest BCUT2D eigenvalue weighted by Crippen LogP contribution is 2.21. The molecule has 1 fully saturated rings. The van der Waals surface area contributed by atoms with E-state index in [0.29, 0.717) is 12.3 Å². The van der Waals surface area contributed by atoms with Gasteiger partial charge >= 0.3 is 0 Å². The summed E-state index contributed by atoms with van der Waals surface area (Å²) in [5.74, 6) is 1.02. The molecule has 172 valence electrons. The van der Waals surface area contributed by atoms with Crippen molar-refractivity contribution < 1.29 is 9.59 Å². The number of carbonyl (C=O) groups excluding carboxylic acids is 2. The number of hydrogen-bond acceptors (Lipinski definition) is 3. The van der Waals surface area contributed by atoms with E-state index in [1.54, 1.807) is 16.7 Å². The number of nitrogens with zero attached hydrogens (tertiary/aromatic N) is 1. The van der Waals surface area contributed by atoms with Gasteiger partial charge in [0.1, 0.15) is 6.04 Å². The fourth-order valence-corrected chi connectivity index (χ4v) is 5.48. The van der Waals surface area contributed by atoms with Crippen molar-refractivity contribution in [1.29, 1.82) is 0 Å². The summed E-state index contributed by atoms with van der Waals surface area (Å²) in [7, 11) is 0. The number of halogens is 2. The molecule has 2 amide bonds. The van der Waals surface area contributed by atoms with Crippen LogP contribution in [0.5, 0.6) is 0 Å². The number of amides is 2. The van der Waals surface area contributed by atoms with Crippen LogP contribution in [0, 0.1) is 0 Å². The van der Waals surface area contributed by atoms with Crippen molar-refractivity contribution in [3.8, 4) is 0 Å². The molecule has 2 aromatic carbocycles. The molecule has 0 spiro atoms. The van der Waals surface area contributed by atoms with E-state index in [-0.39, 0.29) is 17.9 Å². The molecule has 2 aromatic rings. The third kappa shape index (κ3) is 7.92. The van der Waals surface area contributed by atoms with Crippen LogP contribution in [0.1, 0.15) is 50.2 Å². The molecule has 0 bridgehead atoms. The van der Waals surface area contributed by atoms with Gasteiger partial charge in [-0.3, -0.25) is 9.59 Å². The Kier molecular flexibility index (Phi) is 10.1. The average molecular weight is 582 g/mol. The Labute approximate surface area is 212 Å². The lowest BCUT2D eigenvalue weighted by Crippen LogP contribution is -2.50. The van der Waals surface area contributed by atoms with Gasteiger partial charge in [-0.05, 0) is 55.2 Å². The van der Waals surface area contributed by atoms with Crippen LogP contribution in [0.25, 0.3) is 0 Å². The van der Waals surface area contributed by atoms with E-state index in [4.69, 9.17) is 0 Å². The van der Waals surface area contributed by atoms with Gasteiger partial charge in [0.15, 0.2) is 0 Å². The van der Waals surface area contributed by atoms with Crippen molar-refractivity contribution in [1.82, 2.24) is 10.2 Å². The first-order chi connectivity index (χ1) is 15.4. The van der Waals surface area contributed by atoms with Crippen molar-refractivity contribution in [2.75, 3.05) is 5.75 Å². The molecule has 0 aliphatic heterocycles. The summed E-state index contributed by atoms with van der Waals surface area (Å²) >= 11 is 8.53. The first kappa shape index (κ1) is 25.3. The molecule has 1 N–H and O–H groups in total.